The summed E-state index contributed by atoms with van der Waals surface area (Å²) < 4.78 is 0. The third-order valence-electron chi connectivity index (χ3n) is 2.79. The molecule has 1 amide bonds. The smallest absolute Gasteiger partial charge is 0.327 e. The van der Waals surface area contributed by atoms with Gasteiger partial charge in [0.05, 0.1) is 6.07 Å². The first-order valence-corrected chi connectivity index (χ1v) is 6.51. The molecule has 0 saturated carbocycles. The molecule has 112 valence electrons. The number of aliphatic carboxylic acids is 1. The quantitative estimate of drug-likeness (QED) is 0.717. The van der Waals surface area contributed by atoms with Crippen molar-refractivity contribution < 1.29 is 14.7 Å². The number of carbonyl (C=O) groups is 2. The monoisotopic (exact) mass is 290 g/mol. The number of nitrogens with zero attached hydrogens (tertiary/aromatic N) is 3. The predicted octanol–water partition coefficient (Wildman–Crippen LogP) is 0.387. The maximum atomic E-state index is 11.2. The fourth-order valence-electron chi connectivity index (χ4n) is 1.88. The second kappa shape index (κ2) is 8.66. The highest BCUT2D eigenvalue weighted by Gasteiger charge is 2.21. The van der Waals surface area contributed by atoms with E-state index in [0.29, 0.717) is 13.1 Å². The molecule has 0 saturated heterocycles. The summed E-state index contributed by atoms with van der Waals surface area (Å²) in [6.07, 6.45) is 3.63. The summed E-state index contributed by atoms with van der Waals surface area (Å²) in [5.74, 6) is -1.50. The Balaban J connectivity index is 2.73. The number of pyridine rings is 1. The first-order valence-electron chi connectivity index (χ1n) is 6.51. The lowest BCUT2D eigenvalue weighted by Gasteiger charge is -2.25. The Labute approximate surface area is 123 Å². The van der Waals surface area contributed by atoms with Crippen LogP contribution in [0.25, 0.3) is 0 Å². The van der Waals surface area contributed by atoms with Crippen LogP contribution in [0.5, 0.6) is 0 Å². The van der Waals surface area contributed by atoms with Gasteiger partial charge in [0.15, 0.2) is 0 Å². The highest BCUT2D eigenvalue weighted by molar-refractivity contribution is 5.82. The molecular weight excluding hydrogens is 272 g/mol. The second-order valence-electron chi connectivity index (χ2n) is 4.60. The van der Waals surface area contributed by atoms with Gasteiger partial charge in [-0.1, -0.05) is 6.07 Å². The first kappa shape index (κ1) is 16.6. The SMILES string of the molecule is CC(=O)NC(CN(CCC#N)Cc1cccnc1)C(=O)O. The largest absolute Gasteiger partial charge is 0.480 e. The van der Waals surface area contributed by atoms with Crippen LogP contribution in [0, 0.1) is 11.3 Å². The van der Waals surface area contributed by atoms with Crippen molar-refractivity contribution in [2.75, 3.05) is 13.1 Å². The zero-order valence-electron chi connectivity index (χ0n) is 11.8. The van der Waals surface area contributed by atoms with Gasteiger partial charge in [0, 0.05) is 45.4 Å². The summed E-state index contributed by atoms with van der Waals surface area (Å²) >= 11 is 0. The number of nitriles is 1. The number of carboxylic acid groups (broad SMARTS) is 1. The number of rotatable bonds is 8. The van der Waals surface area contributed by atoms with Gasteiger partial charge in [-0.3, -0.25) is 14.7 Å². The van der Waals surface area contributed by atoms with Gasteiger partial charge in [-0.25, -0.2) is 4.79 Å². The van der Waals surface area contributed by atoms with Crippen molar-refractivity contribution >= 4 is 11.9 Å². The zero-order chi connectivity index (χ0) is 15.7. The Morgan fingerprint density at radius 2 is 2.33 bits per heavy atom. The van der Waals surface area contributed by atoms with Gasteiger partial charge in [0.25, 0.3) is 0 Å². The molecule has 2 N–H and O–H groups in total. The third-order valence-corrected chi connectivity index (χ3v) is 2.79. The van der Waals surface area contributed by atoms with Crippen molar-refractivity contribution in [3.8, 4) is 6.07 Å². The van der Waals surface area contributed by atoms with E-state index in [-0.39, 0.29) is 13.0 Å². The fourth-order valence-corrected chi connectivity index (χ4v) is 1.88. The fraction of sp³-hybridized carbons (Fsp3) is 0.429. The van der Waals surface area contributed by atoms with Gasteiger partial charge in [-0.15, -0.1) is 0 Å². The van der Waals surface area contributed by atoms with Crippen molar-refractivity contribution in [1.29, 1.82) is 5.26 Å². The van der Waals surface area contributed by atoms with E-state index in [1.54, 1.807) is 18.5 Å². The minimum atomic E-state index is -1.10. The lowest BCUT2D eigenvalue weighted by Crippen LogP contribution is -2.47. The maximum absolute atomic E-state index is 11.2. The van der Waals surface area contributed by atoms with E-state index in [4.69, 9.17) is 10.4 Å². The molecule has 7 heteroatoms. The van der Waals surface area contributed by atoms with Gasteiger partial charge >= 0.3 is 5.97 Å². The van der Waals surface area contributed by atoms with E-state index in [9.17, 15) is 9.59 Å². The van der Waals surface area contributed by atoms with Crippen LogP contribution in [-0.4, -0.2) is 46.0 Å². The molecule has 1 atom stereocenters. The lowest BCUT2D eigenvalue weighted by molar-refractivity contribution is -0.142. The van der Waals surface area contributed by atoms with Crippen molar-refractivity contribution in [1.82, 2.24) is 15.2 Å². The summed E-state index contributed by atoms with van der Waals surface area (Å²) in [5.41, 5.74) is 0.919. The Kier molecular flexibility index (Phi) is 6.84. The van der Waals surface area contributed by atoms with Gasteiger partial charge in [-0.2, -0.15) is 5.26 Å². The molecule has 1 unspecified atom stereocenters. The number of hydrogen-bond acceptors (Lipinski definition) is 5. The molecular formula is C14H18N4O3. The molecule has 0 aromatic carbocycles. The van der Waals surface area contributed by atoms with Crippen LogP contribution in [0.1, 0.15) is 18.9 Å². The van der Waals surface area contributed by atoms with Crippen LogP contribution in [0.4, 0.5) is 0 Å². The van der Waals surface area contributed by atoms with Crippen LogP contribution in [0.3, 0.4) is 0 Å². The number of carbonyl (C=O) groups excluding carboxylic acids is 1. The van der Waals surface area contributed by atoms with Crippen LogP contribution >= 0.6 is 0 Å². The summed E-state index contributed by atoms with van der Waals surface area (Å²) in [5, 5.41) is 20.2. The predicted molar refractivity (Wildman–Crippen MR) is 75.0 cm³/mol. The van der Waals surface area contributed by atoms with E-state index < -0.39 is 17.9 Å². The zero-order valence-corrected chi connectivity index (χ0v) is 11.8. The number of amides is 1. The van der Waals surface area contributed by atoms with Gasteiger partial charge < -0.3 is 10.4 Å². The van der Waals surface area contributed by atoms with Crippen molar-refractivity contribution in [3.63, 3.8) is 0 Å². The molecule has 1 aromatic rings. The average molecular weight is 290 g/mol. The molecule has 0 fully saturated rings. The highest BCUT2D eigenvalue weighted by atomic mass is 16.4. The minimum Gasteiger partial charge on any atom is -0.480 e. The van der Waals surface area contributed by atoms with Crippen molar-refractivity contribution in [2.45, 2.75) is 25.9 Å². The van der Waals surface area contributed by atoms with Gasteiger partial charge in [-0.05, 0) is 11.6 Å². The Hall–Kier alpha value is -2.46. The molecule has 7 nitrogen and oxygen atoms in total. The molecule has 1 aromatic heterocycles. The Bertz CT molecular complexity index is 513. The van der Waals surface area contributed by atoms with E-state index in [1.165, 1.54) is 6.92 Å². The normalized spacial score (nSPS) is 11.7. The minimum absolute atomic E-state index is 0.130. The molecule has 1 rings (SSSR count). The van der Waals surface area contributed by atoms with Crippen LogP contribution < -0.4 is 5.32 Å². The van der Waals surface area contributed by atoms with E-state index in [0.717, 1.165) is 5.56 Å². The molecule has 0 bridgehead atoms. The molecule has 21 heavy (non-hydrogen) atoms. The third kappa shape index (κ3) is 6.49. The molecule has 0 aliphatic heterocycles. The molecule has 0 radical (unpaired) electrons. The van der Waals surface area contributed by atoms with Crippen LogP contribution in [0.2, 0.25) is 0 Å². The Morgan fingerprint density at radius 3 is 2.86 bits per heavy atom. The molecule has 0 aliphatic rings. The van der Waals surface area contributed by atoms with Crippen LogP contribution in [0.15, 0.2) is 24.5 Å². The summed E-state index contributed by atoms with van der Waals surface area (Å²) in [6, 6.07) is 4.70. The maximum Gasteiger partial charge on any atom is 0.327 e. The average Bonchev–Trinajstić information content (AvgIpc) is 2.44. The number of carboxylic acids is 1. The van der Waals surface area contributed by atoms with E-state index >= 15 is 0 Å². The van der Waals surface area contributed by atoms with Gasteiger partial charge in [0.1, 0.15) is 6.04 Å². The summed E-state index contributed by atoms with van der Waals surface area (Å²) in [7, 11) is 0. The topological polar surface area (TPSA) is 106 Å². The number of hydrogen-bond donors (Lipinski definition) is 2. The van der Waals surface area contributed by atoms with E-state index in [1.807, 2.05) is 17.0 Å². The summed E-state index contributed by atoms with van der Waals surface area (Å²) in [4.78, 5) is 28.1. The Morgan fingerprint density at radius 1 is 1.57 bits per heavy atom. The van der Waals surface area contributed by atoms with E-state index in [2.05, 4.69) is 10.3 Å². The standard InChI is InChI=1S/C14H18N4O3/c1-11(19)17-13(14(20)21)10-18(7-3-5-15)9-12-4-2-6-16-8-12/h2,4,6,8,13H,3,7,9-10H2,1H3,(H,17,19)(H,20,21). The van der Waals surface area contributed by atoms with Crippen molar-refractivity contribution in [2.24, 2.45) is 0 Å². The molecule has 0 spiro atoms. The molecule has 1 heterocycles. The first-order chi connectivity index (χ1) is 10.0. The number of aromatic nitrogens is 1. The second-order valence-corrected chi connectivity index (χ2v) is 4.60. The van der Waals surface area contributed by atoms with Crippen LogP contribution in [-0.2, 0) is 16.1 Å². The summed E-state index contributed by atoms with van der Waals surface area (Å²) in [6.45, 7) is 2.30. The molecule has 0 aliphatic carbocycles. The highest BCUT2D eigenvalue weighted by Crippen LogP contribution is 2.05. The number of nitrogens with one attached hydrogen (secondary N) is 1. The van der Waals surface area contributed by atoms with Crippen molar-refractivity contribution in [3.05, 3.63) is 30.1 Å². The van der Waals surface area contributed by atoms with Gasteiger partial charge in [0.2, 0.25) is 5.91 Å². The lowest BCUT2D eigenvalue weighted by atomic mass is 10.2.